The number of halogens is 1. The van der Waals surface area contributed by atoms with Crippen LogP contribution < -0.4 is 14.8 Å². The molecule has 1 N–H and O–H groups in total. The summed E-state index contributed by atoms with van der Waals surface area (Å²) in [4.78, 5) is 23.9. The van der Waals surface area contributed by atoms with Gasteiger partial charge in [0.2, 0.25) is 0 Å². The number of carbonyl (C=O) groups excluding carboxylic acids is 2. The van der Waals surface area contributed by atoms with Crippen molar-refractivity contribution in [2.45, 2.75) is 32.9 Å². The molecule has 0 aliphatic rings. The molecule has 7 heteroatoms. The molecule has 0 fully saturated rings. The molecule has 0 aliphatic heterocycles. The Morgan fingerprint density at radius 1 is 1.14 bits per heavy atom. The van der Waals surface area contributed by atoms with Crippen molar-refractivity contribution in [1.82, 2.24) is 5.32 Å². The molecule has 0 aromatic heterocycles. The average Bonchev–Trinajstić information content (AvgIpc) is 2.45. The van der Waals surface area contributed by atoms with Gasteiger partial charge in [0.05, 0.1) is 24.8 Å². The topological polar surface area (TPSA) is 73.9 Å². The van der Waals surface area contributed by atoms with Crippen molar-refractivity contribution in [2.24, 2.45) is 0 Å². The summed E-state index contributed by atoms with van der Waals surface area (Å²) >= 11 is 6.03. The monoisotopic (exact) mass is 329 g/mol. The molecular weight excluding hydrogens is 310 g/mol. The molecule has 6 nitrogen and oxygen atoms in total. The number of hydrogen-bond acceptors (Lipinski definition) is 5. The second-order valence-electron chi connectivity index (χ2n) is 4.90. The number of carbonyl (C=O) groups is 2. The fraction of sp³-hybridized carbons (Fsp3) is 0.467. The van der Waals surface area contributed by atoms with Crippen LogP contribution in [0.5, 0.6) is 11.5 Å². The second kappa shape index (κ2) is 7.89. The summed E-state index contributed by atoms with van der Waals surface area (Å²) < 4.78 is 15.3. The number of esters is 1. The van der Waals surface area contributed by atoms with Crippen molar-refractivity contribution in [2.75, 3.05) is 14.2 Å². The minimum Gasteiger partial charge on any atom is -0.493 e. The fourth-order valence-electron chi connectivity index (χ4n) is 1.72. The Hall–Kier alpha value is -1.95. The molecule has 0 heterocycles. The number of hydrogen-bond donors (Lipinski definition) is 1. The maximum absolute atomic E-state index is 12.1. The predicted octanol–water partition coefficient (Wildman–Crippen LogP) is 2.43. The minimum absolute atomic E-state index is 0.0378. The normalized spacial score (nSPS) is 11.8. The first-order valence-electron chi connectivity index (χ1n) is 6.73. The van der Waals surface area contributed by atoms with Gasteiger partial charge in [0, 0.05) is 6.04 Å². The molecule has 0 unspecified atom stereocenters. The molecule has 0 aliphatic carbocycles. The Kier molecular flexibility index (Phi) is 6.49. The SMILES string of the molecule is COc1cc(C(=O)O[C@@H](C)C(=O)NC(C)C)cc(Cl)c1OC. The molecule has 122 valence electrons. The van der Waals surface area contributed by atoms with Crippen LogP contribution in [0.1, 0.15) is 31.1 Å². The highest BCUT2D eigenvalue weighted by molar-refractivity contribution is 6.32. The summed E-state index contributed by atoms with van der Waals surface area (Å²) in [6.07, 6.45) is -0.915. The summed E-state index contributed by atoms with van der Waals surface area (Å²) in [6.45, 7) is 5.14. The minimum atomic E-state index is -0.915. The van der Waals surface area contributed by atoms with Gasteiger partial charge in [-0.25, -0.2) is 4.79 Å². The highest BCUT2D eigenvalue weighted by atomic mass is 35.5. The van der Waals surface area contributed by atoms with Crippen LogP contribution in [0, 0.1) is 0 Å². The van der Waals surface area contributed by atoms with Crippen molar-refractivity contribution < 1.29 is 23.8 Å². The molecule has 1 amide bonds. The van der Waals surface area contributed by atoms with Crippen molar-refractivity contribution in [3.63, 3.8) is 0 Å². The van der Waals surface area contributed by atoms with E-state index in [1.165, 1.54) is 33.3 Å². The zero-order chi connectivity index (χ0) is 16.9. The molecular formula is C15H20ClNO5. The van der Waals surface area contributed by atoms with Crippen LogP contribution in [0.15, 0.2) is 12.1 Å². The van der Waals surface area contributed by atoms with Crippen molar-refractivity contribution in [1.29, 1.82) is 0 Å². The number of nitrogens with one attached hydrogen (secondary N) is 1. The zero-order valence-electron chi connectivity index (χ0n) is 13.2. The molecule has 0 radical (unpaired) electrons. The van der Waals surface area contributed by atoms with Gasteiger partial charge in [-0.2, -0.15) is 0 Å². The van der Waals surface area contributed by atoms with Gasteiger partial charge in [0.25, 0.3) is 5.91 Å². The summed E-state index contributed by atoms with van der Waals surface area (Å²) in [5.41, 5.74) is 0.173. The third-order valence-corrected chi connectivity index (χ3v) is 3.03. The van der Waals surface area contributed by atoms with Gasteiger partial charge in [-0.3, -0.25) is 4.79 Å². The molecule has 22 heavy (non-hydrogen) atoms. The van der Waals surface area contributed by atoms with Crippen LogP contribution in [0.3, 0.4) is 0 Å². The lowest BCUT2D eigenvalue weighted by Gasteiger charge is -2.16. The van der Waals surface area contributed by atoms with E-state index in [0.717, 1.165) is 0 Å². The maximum Gasteiger partial charge on any atom is 0.339 e. The molecule has 0 bridgehead atoms. The van der Waals surface area contributed by atoms with E-state index in [4.69, 9.17) is 25.8 Å². The largest absolute Gasteiger partial charge is 0.493 e. The number of rotatable bonds is 6. The number of benzene rings is 1. The van der Waals surface area contributed by atoms with Gasteiger partial charge < -0.3 is 19.5 Å². The van der Waals surface area contributed by atoms with E-state index in [1.54, 1.807) is 0 Å². The molecule has 1 atom stereocenters. The predicted molar refractivity (Wildman–Crippen MR) is 82.7 cm³/mol. The Morgan fingerprint density at radius 2 is 1.77 bits per heavy atom. The molecule has 1 aromatic carbocycles. The van der Waals surface area contributed by atoms with Crippen LogP contribution >= 0.6 is 11.6 Å². The van der Waals surface area contributed by atoms with E-state index in [1.807, 2.05) is 13.8 Å². The van der Waals surface area contributed by atoms with E-state index in [9.17, 15) is 9.59 Å². The van der Waals surface area contributed by atoms with Crippen LogP contribution in [-0.4, -0.2) is 38.2 Å². The average molecular weight is 330 g/mol. The van der Waals surface area contributed by atoms with Crippen molar-refractivity contribution in [3.8, 4) is 11.5 Å². The van der Waals surface area contributed by atoms with Gasteiger partial charge in [-0.1, -0.05) is 11.6 Å². The molecule has 0 saturated carbocycles. The second-order valence-corrected chi connectivity index (χ2v) is 5.31. The number of amides is 1. The van der Waals surface area contributed by atoms with Gasteiger partial charge >= 0.3 is 5.97 Å². The summed E-state index contributed by atoms with van der Waals surface area (Å²) in [6, 6.07) is 2.81. The van der Waals surface area contributed by atoms with Crippen LogP contribution in [0.25, 0.3) is 0 Å². The standard InChI is InChI=1S/C15H20ClNO5/c1-8(2)17-14(18)9(3)22-15(19)10-6-11(16)13(21-5)12(7-10)20-4/h6-9H,1-5H3,(H,17,18)/t9-/m0/s1. The lowest BCUT2D eigenvalue weighted by molar-refractivity contribution is -0.129. The molecule has 0 spiro atoms. The van der Waals surface area contributed by atoms with Crippen molar-refractivity contribution >= 4 is 23.5 Å². The third kappa shape index (κ3) is 4.53. The van der Waals surface area contributed by atoms with Gasteiger partial charge in [0.15, 0.2) is 17.6 Å². The smallest absolute Gasteiger partial charge is 0.339 e. The van der Waals surface area contributed by atoms with Gasteiger partial charge in [0.1, 0.15) is 0 Å². The van der Waals surface area contributed by atoms with Crippen LogP contribution in [0.4, 0.5) is 0 Å². The first-order chi connectivity index (χ1) is 10.3. The number of ether oxygens (including phenoxy) is 3. The lowest BCUT2D eigenvalue weighted by atomic mass is 10.2. The van der Waals surface area contributed by atoms with Crippen molar-refractivity contribution in [3.05, 3.63) is 22.7 Å². The zero-order valence-corrected chi connectivity index (χ0v) is 14.0. The maximum atomic E-state index is 12.1. The van der Waals surface area contributed by atoms with E-state index in [2.05, 4.69) is 5.32 Å². The molecule has 1 rings (SSSR count). The third-order valence-electron chi connectivity index (χ3n) is 2.75. The molecule has 1 aromatic rings. The Labute approximate surface area is 134 Å². The van der Waals surface area contributed by atoms with E-state index in [-0.39, 0.29) is 22.5 Å². The molecule has 0 saturated heterocycles. The van der Waals surface area contributed by atoms with Gasteiger partial charge in [-0.15, -0.1) is 0 Å². The quantitative estimate of drug-likeness (QED) is 0.811. The number of methoxy groups -OCH3 is 2. The fourth-order valence-corrected chi connectivity index (χ4v) is 2.01. The van der Waals surface area contributed by atoms with Crippen LogP contribution in [0.2, 0.25) is 5.02 Å². The first kappa shape index (κ1) is 18.1. The highest BCUT2D eigenvalue weighted by Crippen LogP contribution is 2.36. The highest BCUT2D eigenvalue weighted by Gasteiger charge is 2.21. The van der Waals surface area contributed by atoms with E-state index in [0.29, 0.717) is 11.5 Å². The van der Waals surface area contributed by atoms with Crippen LogP contribution in [-0.2, 0) is 9.53 Å². The Balaban J connectivity index is 2.90. The first-order valence-corrected chi connectivity index (χ1v) is 7.10. The van der Waals surface area contributed by atoms with E-state index >= 15 is 0 Å². The summed E-state index contributed by atoms with van der Waals surface area (Å²) in [5, 5.41) is 2.88. The Bertz CT molecular complexity index is 559. The summed E-state index contributed by atoms with van der Waals surface area (Å²) in [5.74, 6) is -0.406. The summed E-state index contributed by atoms with van der Waals surface area (Å²) in [7, 11) is 2.88. The van der Waals surface area contributed by atoms with E-state index < -0.39 is 12.1 Å². The Morgan fingerprint density at radius 3 is 2.27 bits per heavy atom. The lowest BCUT2D eigenvalue weighted by Crippen LogP contribution is -2.39. The van der Waals surface area contributed by atoms with Gasteiger partial charge in [-0.05, 0) is 32.9 Å².